The van der Waals surface area contributed by atoms with Crippen molar-refractivity contribution in [1.82, 2.24) is 5.32 Å². The molecule has 0 spiro atoms. The van der Waals surface area contributed by atoms with Gasteiger partial charge < -0.3 is 10.1 Å². The molecule has 0 aromatic rings. The van der Waals surface area contributed by atoms with E-state index in [9.17, 15) is 0 Å². The van der Waals surface area contributed by atoms with Crippen LogP contribution in [0.3, 0.4) is 0 Å². The van der Waals surface area contributed by atoms with Gasteiger partial charge in [-0.3, -0.25) is 0 Å². The van der Waals surface area contributed by atoms with Crippen LogP contribution in [0.15, 0.2) is 11.8 Å². The van der Waals surface area contributed by atoms with Gasteiger partial charge in [-0.05, 0) is 40.0 Å². The number of hydrogen-bond acceptors (Lipinski definition) is 2. The first kappa shape index (κ1) is 10.6. The fraction of sp³-hybridized carbons (Fsp3) is 0.818. The van der Waals surface area contributed by atoms with Crippen molar-refractivity contribution in [2.24, 2.45) is 0 Å². The third-order valence-corrected chi connectivity index (χ3v) is 2.02. The van der Waals surface area contributed by atoms with E-state index in [1.165, 1.54) is 18.5 Å². The highest BCUT2D eigenvalue weighted by Gasteiger charge is 2.09. The van der Waals surface area contributed by atoms with Gasteiger partial charge >= 0.3 is 0 Å². The molecule has 0 unspecified atom stereocenters. The second kappa shape index (κ2) is 4.66. The molecule has 0 aliphatic carbocycles. The van der Waals surface area contributed by atoms with Gasteiger partial charge in [-0.25, -0.2) is 0 Å². The van der Waals surface area contributed by atoms with E-state index in [2.05, 4.69) is 32.2 Å². The van der Waals surface area contributed by atoms with Crippen LogP contribution >= 0.6 is 0 Å². The first-order chi connectivity index (χ1) is 6.08. The summed E-state index contributed by atoms with van der Waals surface area (Å²) in [6.45, 7) is 8.25. The smallest absolute Gasteiger partial charge is 0.0598 e. The molecule has 1 saturated heterocycles. The lowest BCUT2D eigenvalue weighted by molar-refractivity contribution is -0.000186. The van der Waals surface area contributed by atoms with E-state index in [1.807, 2.05) is 0 Å². The van der Waals surface area contributed by atoms with Crippen LogP contribution in [0.2, 0.25) is 0 Å². The highest BCUT2D eigenvalue weighted by atomic mass is 16.5. The van der Waals surface area contributed by atoms with Gasteiger partial charge in [0.25, 0.3) is 0 Å². The van der Waals surface area contributed by atoms with Gasteiger partial charge in [0.05, 0.1) is 12.2 Å². The first-order valence-corrected chi connectivity index (χ1v) is 5.15. The molecule has 0 bridgehead atoms. The van der Waals surface area contributed by atoms with E-state index in [-0.39, 0.29) is 5.60 Å². The van der Waals surface area contributed by atoms with E-state index in [0.29, 0.717) is 0 Å². The molecule has 0 saturated carbocycles. The summed E-state index contributed by atoms with van der Waals surface area (Å²) in [6, 6.07) is 0. The molecule has 1 fully saturated rings. The highest BCUT2D eigenvalue weighted by Crippen LogP contribution is 2.11. The summed E-state index contributed by atoms with van der Waals surface area (Å²) >= 11 is 0. The molecule has 0 radical (unpaired) electrons. The molecule has 1 N–H and O–H groups in total. The number of allylic oxidation sites excluding steroid dienone is 1. The summed E-state index contributed by atoms with van der Waals surface area (Å²) < 4.78 is 5.62. The molecule has 0 aromatic heterocycles. The third kappa shape index (κ3) is 4.94. The maximum atomic E-state index is 5.62. The molecule has 1 heterocycles. The lowest BCUT2D eigenvalue weighted by Crippen LogP contribution is -2.19. The molecule has 2 nitrogen and oxygen atoms in total. The van der Waals surface area contributed by atoms with Crippen LogP contribution in [0.5, 0.6) is 0 Å². The van der Waals surface area contributed by atoms with Crippen molar-refractivity contribution in [3.8, 4) is 0 Å². The molecule has 0 amide bonds. The van der Waals surface area contributed by atoms with E-state index >= 15 is 0 Å². The quantitative estimate of drug-likeness (QED) is 0.679. The Labute approximate surface area is 81.4 Å². The van der Waals surface area contributed by atoms with E-state index in [0.717, 1.165) is 19.6 Å². The van der Waals surface area contributed by atoms with Crippen LogP contribution in [0.4, 0.5) is 0 Å². The van der Waals surface area contributed by atoms with Crippen LogP contribution in [0, 0.1) is 0 Å². The number of nitrogens with one attached hydrogen (secondary N) is 1. The van der Waals surface area contributed by atoms with Crippen LogP contribution in [0.1, 0.15) is 40.0 Å². The Morgan fingerprint density at radius 1 is 1.46 bits per heavy atom. The number of hydrogen-bond donors (Lipinski definition) is 1. The molecular formula is C11H21NO. The van der Waals surface area contributed by atoms with Gasteiger partial charge in [0, 0.05) is 12.2 Å². The van der Waals surface area contributed by atoms with Gasteiger partial charge in [-0.15, -0.1) is 0 Å². The lowest BCUT2D eigenvalue weighted by atomic mass is 10.2. The minimum atomic E-state index is 0.00160. The summed E-state index contributed by atoms with van der Waals surface area (Å²) in [5, 5.41) is 3.36. The Morgan fingerprint density at radius 2 is 2.23 bits per heavy atom. The van der Waals surface area contributed by atoms with Crippen molar-refractivity contribution in [3.63, 3.8) is 0 Å². The van der Waals surface area contributed by atoms with E-state index in [4.69, 9.17) is 4.74 Å². The number of ether oxygens (including phenoxy) is 1. The highest BCUT2D eigenvalue weighted by molar-refractivity contribution is 5.03. The Morgan fingerprint density at radius 3 is 2.77 bits per heavy atom. The van der Waals surface area contributed by atoms with Gasteiger partial charge in [0.15, 0.2) is 0 Å². The SMILES string of the molecule is CC(C)(C)OCC/C=C1\CCCN1. The van der Waals surface area contributed by atoms with Crippen molar-refractivity contribution < 1.29 is 4.74 Å². The maximum Gasteiger partial charge on any atom is 0.0598 e. The molecule has 2 heteroatoms. The Kier molecular flexibility index (Phi) is 3.79. The molecule has 76 valence electrons. The van der Waals surface area contributed by atoms with Crippen LogP contribution in [-0.4, -0.2) is 18.8 Å². The fourth-order valence-electron chi connectivity index (χ4n) is 1.39. The zero-order valence-electron chi connectivity index (χ0n) is 9.02. The third-order valence-electron chi connectivity index (χ3n) is 2.02. The minimum Gasteiger partial charge on any atom is -0.389 e. The summed E-state index contributed by atoms with van der Waals surface area (Å²) in [6.07, 6.45) is 5.79. The molecule has 1 rings (SSSR count). The minimum absolute atomic E-state index is 0.00160. The standard InChI is InChI=1S/C11H21NO/c1-11(2,3)13-9-5-7-10-6-4-8-12-10/h7,12H,4-6,8-9H2,1-3H3/b10-7+. The largest absolute Gasteiger partial charge is 0.389 e. The topological polar surface area (TPSA) is 21.3 Å². The van der Waals surface area contributed by atoms with Crippen molar-refractivity contribution in [2.75, 3.05) is 13.2 Å². The van der Waals surface area contributed by atoms with Crippen LogP contribution in [-0.2, 0) is 4.74 Å². The van der Waals surface area contributed by atoms with Gasteiger partial charge in [0.1, 0.15) is 0 Å². The average molecular weight is 183 g/mol. The summed E-state index contributed by atoms with van der Waals surface area (Å²) in [7, 11) is 0. The second-order valence-corrected chi connectivity index (χ2v) is 4.51. The van der Waals surface area contributed by atoms with Gasteiger partial charge in [-0.2, -0.15) is 0 Å². The average Bonchev–Trinajstić information content (AvgIpc) is 2.48. The summed E-state index contributed by atoms with van der Waals surface area (Å²) in [5.41, 5.74) is 1.40. The van der Waals surface area contributed by atoms with Gasteiger partial charge in [-0.1, -0.05) is 6.08 Å². The van der Waals surface area contributed by atoms with Crippen LogP contribution in [0.25, 0.3) is 0 Å². The molecule has 0 atom stereocenters. The Bertz CT molecular complexity index is 171. The number of rotatable bonds is 3. The van der Waals surface area contributed by atoms with Crippen molar-refractivity contribution >= 4 is 0 Å². The van der Waals surface area contributed by atoms with E-state index in [1.54, 1.807) is 0 Å². The Balaban J connectivity index is 2.09. The van der Waals surface area contributed by atoms with Crippen LogP contribution < -0.4 is 5.32 Å². The summed E-state index contributed by atoms with van der Waals surface area (Å²) in [5.74, 6) is 0. The maximum absolute atomic E-state index is 5.62. The Hall–Kier alpha value is -0.500. The zero-order chi connectivity index (χ0) is 9.73. The van der Waals surface area contributed by atoms with Crippen molar-refractivity contribution in [2.45, 2.75) is 45.6 Å². The summed E-state index contributed by atoms with van der Waals surface area (Å²) in [4.78, 5) is 0. The molecule has 0 aromatic carbocycles. The molecular weight excluding hydrogens is 162 g/mol. The van der Waals surface area contributed by atoms with Crippen molar-refractivity contribution in [3.05, 3.63) is 11.8 Å². The lowest BCUT2D eigenvalue weighted by Gasteiger charge is -2.18. The predicted molar refractivity (Wildman–Crippen MR) is 55.6 cm³/mol. The second-order valence-electron chi connectivity index (χ2n) is 4.51. The first-order valence-electron chi connectivity index (χ1n) is 5.15. The van der Waals surface area contributed by atoms with Gasteiger partial charge in [0.2, 0.25) is 0 Å². The zero-order valence-corrected chi connectivity index (χ0v) is 9.02. The van der Waals surface area contributed by atoms with E-state index < -0.39 is 0 Å². The molecule has 1 aliphatic rings. The predicted octanol–water partition coefficient (Wildman–Crippen LogP) is 2.46. The normalized spacial score (nSPS) is 20.7. The fourth-order valence-corrected chi connectivity index (χ4v) is 1.39. The monoisotopic (exact) mass is 183 g/mol. The van der Waals surface area contributed by atoms with Crippen molar-refractivity contribution in [1.29, 1.82) is 0 Å². The molecule has 1 aliphatic heterocycles. The molecule has 13 heavy (non-hydrogen) atoms.